The maximum Gasteiger partial charge on any atom is 0.341 e. The number of esters is 1. The number of anilines is 1. The third kappa shape index (κ3) is 3.17. The molecule has 3 nitrogen and oxygen atoms in total. The van der Waals surface area contributed by atoms with E-state index in [1.165, 1.54) is 5.56 Å². The minimum atomic E-state index is -0.482. The molecule has 120 valence electrons. The molecule has 5 heteroatoms. The Kier molecular flexibility index (Phi) is 4.79. The van der Waals surface area contributed by atoms with Crippen molar-refractivity contribution in [1.29, 1.82) is 0 Å². The topological polar surface area (TPSA) is 29.5 Å². The van der Waals surface area contributed by atoms with Gasteiger partial charge in [0.2, 0.25) is 0 Å². The van der Waals surface area contributed by atoms with Crippen molar-refractivity contribution in [2.75, 3.05) is 24.6 Å². The lowest BCUT2D eigenvalue weighted by Gasteiger charge is -2.42. The Labute approximate surface area is 145 Å². The predicted octanol–water partition coefficient (Wildman–Crippen LogP) is 4.77. The fourth-order valence-corrected chi connectivity index (χ4v) is 3.43. The largest absolute Gasteiger partial charge is 0.462 e. The van der Waals surface area contributed by atoms with Gasteiger partial charge < -0.3 is 9.64 Å². The van der Waals surface area contributed by atoms with Crippen LogP contribution in [0.5, 0.6) is 0 Å². The van der Waals surface area contributed by atoms with Crippen LogP contribution in [-0.2, 0) is 4.74 Å². The van der Waals surface area contributed by atoms with Crippen molar-refractivity contribution >= 4 is 34.9 Å². The van der Waals surface area contributed by atoms with Crippen molar-refractivity contribution in [3.8, 4) is 0 Å². The Balaban J connectivity index is 1.80. The van der Waals surface area contributed by atoms with Crippen LogP contribution in [0.15, 0.2) is 42.5 Å². The molecule has 3 rings (SSSR count). The fraction of sp³-hybridized carbons (Fsp3) is 0.278. The Hall–Kier alpha value is -1.71. The van der Waals surface area contributed by atoms with Gasteiger partial charge in [-0.3, -0.25) is 0 Å². The molecule has 0 aliphatic carbocycles. The molecule has 0 bridgehead atoms. The van der Waals surface area contributed by atoms with Crippen molar-refractivity contribution in [2.24, 2.45) is 0 Å². The van der Waals surface area contributed by atoms with Crippen molar-refractivity contribution in [3.05, 3.63) is 63.6 Å². The molecule has 0 radical (unpaired) electrons. The van der Waals surface area contributed by atoms with Crippen LogP contribution in [-0.4, -0.2) is 25.7 Å². The van der Waals surface area contributed by atoms with Gasteiger partial charge in [-0.2, -0.15) is 0 Å². The van der Waals surface area contributed by atoms with Gasteiger partial charge >= 0.3 is 5.97 Å². The average Bonchev–Trinajstić information content (AvgIpc) is 2.49. The molecule has 1 saturated heterocycles. The van der Waals surface area contributed by atoms with E-state index in [-0.39, 0.29) is 12.2 Å². The lowest BCUT2D eigenvalue weighted by molar-refractivity contribution is 0.0527. The Morgan fingerprint density at radius 1 is 1.17 bits per heavy atom. The minimum Gasteiger partial charge on any atom is -0.462 e. The number of hydrogen-bond acceptors (Lipinski definition) is 3. The van der Waals surface area contributed by atoms with Crippen molar-refractivity contribution in [3.63, 3.8) is 0 Å². The summed E-state index contributed by atoms with van der Waals surface area (Å²) in [5.74, 6) is -0.00142. The number of carbonyl (C=O) groups excluding carboxylic acids is 1. The standard InChI is InChI=1S/C18H17Cl2NO2/c1-2-23-18(22)16-14(19)8-9-15(17(16)20)21-10-13(11-21)12-6-4-3-5-7-12/h3-9,13H,2,10-11H2,1H3. The van der Waals surface area contributed by atoms with Gasteiger partial charge in [0.05, 0.1) is 27.9 Å². The SMILES string of the molecule is CCOC(=O)c1c(Cl)ccc(N2CC(c3ccccc3)C2)c1Cl. The summed E-state index contributed by atoms with van der Waals surface area (Å²) in [4.78, 5) is 14.2. The van der Waals surface area contributed by atoms with Gasteiger partial charge in [0.1, 0.15) is 0 Å². The van der Waals surface area contributed by atoms with Crippen LogP contribution in [0.25, 0.3) is 0 Å². The molecule has 0 N–H and O–H groups in total. The maximum absolute atomic E-state index is 12.0. The number of hydrogen-bond donors (Lipinski definition) is 0. The van der Waals surface area contributed by atoms with Gasteiger partial charge in [0.25, 0.3) is 0 Å². The molecule has 1 heterocycles. The maximum atomic E-state index is 12.0. The minimum absolute atomic E-state index is 0.246. The van der Waals surface area contributed by atoms with E-state index in [4.69, 9.17) is 27.9 Å². The van der Waals surface area contributed by atoms with Crippen molar-refractivity contribution in [1.82, 2.24) is 0 Å². The van der Waals surface area contributed by atoms with Crippen LogP contribution in [0.2, 0.25) is 10.0 Å². The summed E-state index contributed by atoms with van der Waals surface area (Å²) >= 11 is 12.5. The van der Waals surface area contributed by atoms with Gasteiger partial charge in [0.15, 0.2) is 0 Å². The van der Waals surface area contributed by atoms with E-state index in [1.54, 1.807) is 13.0 Å². The van der Waals surface area contributed by atoms with E-state index in [0.717, 1.165) is 18.8 Å². The second kappa shape index (κ2) is 6.81. The van der Waals surface area contributed by atoms with Gasteiger partial charge in [-0.25, -0.2) is 4.79 Å². The van der Waals surface area contributed by atoms with Crippen LogP contribution in [0.4, 0.5) is 5.69 Å². The molecule has 23 heavy (non-hydrogen) atoms. The molecular formula is C18H17Cl2NO2. The Morgan fingerprint density at radius 2 is 1.87 bits per heavy atom. The first-order chi connectivity index (χ1) is 11.1. The molecule has 0 atom stereocenters. The molecule has 0 saturated carbocycles. The van der Waals surface area contributed by atoms with E-state index in [9.17, 15) is 4.79 Å². The zero-order valence-corrected chi connectivity index (χ0v) is 14.3. The number of rotatable bonds is 4. The second-order valence-electron chi connectivity index (χ2n) is 5.49. The van der Waals surface area contributed by atoms with Crippen molar-refractivity contribution in [2.45, 2.75) is 12.8 Å². The molecule has 2 aromatic rings. The fourth-order valence-electron chi connectivity index (χ4n) is 2.79. The van der Waals surface area contributed by atoms with Crippen LogP contribution in [0, 0.1) is 0 Å². The molecular weight excluding hydrogens is 333 g/mol. The van der Waals surface area contributed by atoms with Gasteiger partial charge in [-0.1, -0.05) is 53.5 Å². The zero-order chi connectivity index (χ0) is 16.4. The monoisotopic (exact) mass is 349 g/mol. The summed E-state index contributed by atoms with van der Waals surface area (Å²) in [6, 6.07) is 13.9. The lowest BCUT2D eigenvalue weighted by Crippen LogP contribution is -2.45. The molecule has 2 aromatic carbocycles. The van der Waals surface area contributed by atoms with Crippen LogP contribution in [0.3, 0.4) is 0 Å². The lowest BCUT2D eigenvalue weighted by atomic mass is 9.91. The number of benzene rings is 2. The summed E-state index contributed by atoms with van der Waals surface area (Å²) in [5.41, 5.74) is 2.39. The molecule has 0 aromatic heterocycles. The molecule has 0 unspecified atom stereocenters. The zero-order valence-electron chi connectivity index (χ0n) is 12.8. The first-order valence-corrected chi connectivity index (χ1v) is 8.32. The number of carbonyl (C=O) groups is 1. The summed E-state index contributed by atoms with van der Waals surface area (Å²) in [6.45, 7) is 3.78. The highest BCUT2D eigenvalue weighted by Gasteiger charge is 2.31. The Bertz CT molecular complexity index is 712. The average molecular weight is 350 g/mol. The molecule has 1 fully saturated rings. The molecule has 0 amide bonds. The summed E-state index contributed by atoms with van der Waals surface area (Å²) in [7, 11) is 0. The second-order valence-corrected chi connectivity index (χ2v) is 6.27. The smallest absolute Gasteiger partial charge is 0.341 e. The van der Waals surface area contributed by atoms with Crippen molar-refractivity contribution < 1.29 is 9.53 Å². The molecule has 1 aliphatic heterocycles. The first kappa shape index (κ1) is 16.2. The molecule has 0 spiro atoms. The number of halogens is 2. The summed E-state index contributed by atoms with van der Waals surface area (Å²) in [6.07, 6.45) is 0. The third-order valence-electron chi connectivity index (χ3n) is 4.04. The van der Waals surface area contributed by atoms with Gasteiger partial charge in [-0.15, -0.1) is 0 Å². The van der Waals surface area contributed by atoms with E-state index in [0.29, 0.717) is 16.0 Å². The normalized spacial score (nSPS) is 14.5. The molecule has 1 aliphatic rings. The van der Waals surface area contributed by atoms with Crippen LogP contribution >= 0.6 is 23.2 Å². The van der Waals surface area contributed by atoms with E-state index in [1.807, 2.05) is 24.3 Å². The summed E-state index contributed by atoms with van der Waals surface area (Å²) in [5, 5.41) is 0.680. The van der Waals surface area contributed by atoms with Gasteiger partial charge in [0, 0.05) is 19.0 Å². The number of ether oxygens (including phenoxy) is 1. The van der Waals surface area contributed by atoms with Crippen LogP contribution < -0.4 is 4.90 Å². The van der Waals surface area contributed by atoms with E-state index in [2.05, 4.69) is 17.0 Å². The van der Waals surface area contributed by atoms with E-state index < -0.39 is 5.97 Å². The van der Waals surface area contributed by atoms with Gasteiger partial charge in [-0.05, 0) is 24.6 Å². The predicted molar refractivity (Wildman–Crippen MR) is 93.8 cm³/mol. The van der Waals surface area contributed by atoms with E-state index >= 15 is 0 Å². The third-order valence-corrected chi connectivity index (χ3v) is 4.74. The highest BCUT2D eigenvalue weighted by Crippen LogP contribution is 2.39. The Morgan fingerprint density at radius 3 is 2.52 bits per heavy atom. The number of nitrogens with zero attached hydrogens (tertiary/aromatic N) is 1. The highest BCUT2D eigenvalue weighted by molar-refractivity contribution is 6.41. The van der Waals surface area contributed by atoms with Crippen LogP contribution in [0.1, 0.15) is 28.8 Å². The quantitative estimate of drug-likeness (QED) is 0.744. The highest BCUT2D eigenvalue weighted by atomic mass is 35.5. The first-order valence-electron chi connectivity index (χ1n) is 7.56. The summed E-state index contributed by atoms with van der Waals surface area (Å²) < 4.78 is 5.04.